The highest BCUT2D eigenvalue weighted by Gasteiger charge is 2.23. The highest BCUT2D eigenvalue weighted by atomic mass is 79.9. The van der Waals surface area contributed by atoms with Crippen molar-refractivity contribution in [2.45, 2.75) is 38.3 Å². The SMILES string of the molecule is OCCCC1CCCN1CCn1cc(Br)cn1. The summed E-state index contributed by atoms with van der Waals surface area (Å²) in [5, 5.41) is 13.2. The lowest BCUT2D eigenvalue weighted by atomic mass is 10.1. The molecule has 17 heavy (non-hydrogen) atoms. The van der Waals surface area contributed by atoms with E-state index in [9.17, 15) is 0 Å². The third-order valence-electron chi connectivity index (χ3n) is 3.41. The Morgan fingerprint density at radius 1 is 1.47 bits per heavy atom. The summed E-state index contributed by atoms with van der Waals surface area (Å²) < 4.78 is 3.02. The Morgan fingerprint density at radius 3 is 3.06 bits per heavy atom. The van der Waals surface area contributed by atoms with Crippen molar-refractivity contribution in [2.75, 3.05) is 19.7 Å². The standard InChI is InChI=1S/C12H20BrN3O/c13-11-9-14-16(10-11)7-6-15-5-1-3-12(15)4-2-8-17/h9-10,12,17H,1-8H2. The molecule has 1 aromatic heterocycles. The van der Waals surface area contributed by atoms with Crippen molar-refractivity contribution in [1.29, 1.82) is 0 Å². The molecule has 1 aliphatic rings. The van der Waals surface area contributed by atoms with Crippen LogP contribution in [0.25, 0.3) is 0 Å². The van der Waals surface area contributed by atoms with E-state index in [2.05, 4.69) is 25.9 Å². The van der Waals surface area contributed by atoms with E-state index in [4.69, 9.17) is 5.11 Å². The molecule has 0 aromatic carbocycles. The minimum atomic E-state index is 0.316. The number of aromatic nitrogens is 2. The van der Waals surface area contributed by atoms with E-state index in [-0.39, 0.29) is 0 Å². The first-order valence-corrected chi connectivity index (χ1v) is 7.12. The van der Waals surface area contributed by atoms with Crippen LogP contribution in [0.4, 0.5) is 0 Å². The van der Waals surface area contributed by atoms with Crippen molar-refractivity contribution in [3.8, 4) is 0 Å². The van der Waals surface area contributed by atoms with Gasteiger partial charge in [-0.3, -0.25) is 9.58 Å². The third kappa shape index (κ3) is 3.79. The van der Waals surface area contributed by atoms with Crippen LogP contribution in [0, 0.1) is 0 Å². The predicted octanol–water partition coefficient (Wildman–Crippen LogP) is 1.88. The lowest BCUT2D eigenvalue weighted by Crippen LogP contribution is -2.32. The zero-order chi connectivity index (χ0) is 12.1. The zero-order valence-corrected chi connectivity index (χ0v) is 11.6. The topological polar surface area (TPSA) is 41.3 Å². The Morgan fingerprint density at radius 2 is 2.35 bits per heavy atom. The van der Waals surface area contributed by atoms with E-state index >= 15 is 0 Å². The van der Waals surface area contributed by atoms with Crippen molar-refractivity contribution < 1.29 is 5.11 Å². The molecule has 96 valence electrons. The van der Waals surface area contributed by atoms with Crippen LogP contribution in [-0.2, 0) is 6.54 Å². The van der Waals surface area contributed by atoms with Gasteiger partial charge in [-0.15, -0.1) is 0 Å². The molecule has 1 saturated heterocycles. The van der Waals surface area contributed by atoms with Crippen molar-refractivity contribution in [2.24, 2.45) is 0 Å². The molecular formula is C12H20BrN3O. The predicted molar refractivity (Wildman–Crippen MR) is 70.8 cm³/mol. The van der Waals surface area contributed by atoms with Crippen LogP contribution in [-0.4, -0.2) is 45.5 Å². The summed E-state index contributed by atoms with van der Waals surface area (Å²) in [4.78, 5) is 2.53. The highest BCUT2D eigenvalue weighted by Crippen LogP contribution is 2.21. The Kier molecular flexibility index (Phi) is 5.00. The quantitative estimate of drug-likeness (QED) is 0.872. The molecule has 0 spiro atoms. The molecule has 1 fully saturated rings. The Balaban J connectivity index is 1.77. The van der Waals surface area contributed by atoms with E-state index in [1.165, 1.54) is 19.4 Å². The summed E-state index contributed by atoms with van der Waals surface area (Å²) >= 11 is 3.41. The summed E-state index contributed by atoms with van der Waals surface area (Å²) in [6.45, 7) is 3.51. The van der Waals surface area contributed by atoms with Gasteiger partial charge in [-0.25, -0.2) is 0 Å². The van der Waals surface area contributed by atoms with Crippen LogP contribution in [0.15, 0.2) is 16.9 Å². The van der Waals surface area contributed by atoms with E-state index in [1.807, 2.05) is 17.1 Å². The Labute approximate surface area is 111 Å². The van der Waals surface area contributed by atoms with Crippen molar-refractivity contribution in [1.82, 2.24) is 14.7 Å². The molecule has 0 bridgehead atoms. The number of halogens is 1. The fourth-order valence-electron chi connectivity index (χ4n) is 2.53. The lowest BCUT2D eigenvalue weighted by molar-refractivity contribution is 0.208. The number of hydrogen-bond acceptors (Lipinski definition) is 3. The zero-order valence-electron chi connectivity index (χ0n) is 10.1. The summed E-state index contributed by atoms with van der Waals surface area (Å²) in [6.07, 6.45) is 8.46. The average molecular weight is 302 g/mol. The summed E-state index contributed by atoms with van der Waals surface area (Å²) in [7, 11) is 0. The van der Waals surface area contributed by atoms with Gasteiger partial charge in [-0.2, -0.15) is 5.10 Å². The monoisotopic (exact) mass is 301 g/mol. The molecule has 0 saturated carbocycles. The number of nitrogens with zero attached hydrogens (tertiary/aromatic N) is 3. The van der Waals surface area contributed by atoms with E-state index in [1.54, 1.807) is 0 Å². The number of likely N-dealkylation sites (tertiary alicyclic amines) is 1. The second-order valence-electron chi connectivity index (χ2n) is 4.62. The first-order valence-electron chi connectivity index (χ1n) is 6.32. The maximum Gasteiger partial charge on any atom is 0.0632 e. The van der Waals surface area contributed by atoms with Gasteiger partial charge in [-0.1, -0.05) is 0 Å². The van der Waals surface area contributed by atoms with Gasteiger partial charge >= 0.3 is 0 Å². The number of hydrogen-bond donors (Lipinski definition) is 1. The molecule has 0 amide bonds. The molecule has 0 radical (unpaired) electrons. The lowest BCUT2D eigenvalue weighted by Gasteiger charge is -2.24. The molecule has 1 unspecified atom stereocenters. The van der Waals surface area contributed by atoms with Gasteiger partial charge < -0.3 is 5.11 Å². The molecule has 1 atom stereocenters. The fourth-order valence-corrected chi connectivity index (χ4v) is 2.86. The molecule has 2 rings (SSSR count). The fraction of sp³-hybridized carbons (Fsp3) is 0.750. The van der Waals surface area contributed by atoms with Crippen LogP contribution >= 0.6 is 15.9 Å². The van der Waals surface area contributed by atoms with Crippen LogP contribution in [0.3, 0.4) is 0 Å². The van der Waals surface area contributed by atoms with Crippen molar-refractivity contribution in [3.05, 3.63) is 16.9 Å². The van der Waals surface area contributed by atoms with Gasteiger partial charge in [0.15, 0.2) is 0 Å². The van der Waals surface area contributed by atoms with Crippen LogP contribution < -0.4 is 0 Å². The molecule has 1 N–H and O–H groups in total. The van der Waals surface area contributed by atoms with Gasteiger partial charge in [0.2, 0.25) is 0 Å². The number of aliphatic hydroxyl groups is 1. The molecule has 1 aliphatic heterocycles. The van der Waals surface area contributed by atoms with Gasteiger partial charge in [0.05, 0.1) is 17.2 Å². The maximum atomic E-state index is 8.89. The first kappa shape index (κ1) is 13.1. The molecule has 4 nitrogen and oxygen atoms in total. The summed E-state index contributed by atoms with van der Waals surface area (Å²) in [5.74, 6) is 0. The largest absolute Gasteiger partial charge is 0.396 e. The van der Waals surface area contributed by atoms with Crippen LogP contribution in [0.1, 0.15) is 25.7 Å². The number of aliphatic hydroxyl groups excluding tert-OH is 1. The average Bonchev–Trinajstić information content (AvgIpc) is 2.92. The summed E-state index contributed by atoms with van der Waals surface area (Å²) in [6, 6.07) is 0.668. The molecular weight excluding hydrogens is 282 g/mol. The van der Waals surface area contributed by atoms with E-state index in [0.717, 1.165) is 30.4 Å². The molecule has 2 heterocycles. The Hall–Kier alpha value is -0.390. The van der Waals surface area contributed by atoms with Gasteiger partial charge in [0.25, 0.3) is 0 Å². The second-order valence-corrected chi connectivity index (χ2v) is 5.54. The first-order chi connectivity index (χ1) is 8.29. The normalized spacial score (nSPS) is 21.2. The Bertz CT molecular complexity index is 342. The third-order valence-corrected chi connectivity index (χ3v) is 3.82. The smallest absolute Gasteiger partial charge is 0.0632 e. The van der Waals surface area contributed by atoms with Gasteiger partial charge in [0, 0.05) is 25.4 Å². The number of rotatable bonds is 6. The van der Waals surface area contributed by atoms with E-state index < -0.39 is 0 Å². The van der Waals surface area contributed by atoms with Crippen LogP contribution in [0.2, 0.25) is 0 Å². The minimum absolute atomic E-state index is 0.316. The van der Waals surface area contributed by atoms with Crippen LogP contribution in [0.5, 0.6) is 0 Å². The van der Waals surface area contributed by atoms with Gasteiger partial charge in [-0.05, 0) is 48.2 Å². The van der Waals surface area contributed by atoms with E-state index in [0.29, 0.717) is 12.6 Å². The second kappa shape index (κ2) is 6.52. The molecule has 0 aliphatic carbocycles. The maximum absolute atomic E-state index is 8.89. The minimum Gasteiger partial charge on any atom is -0.396 e. The van der Waals surface area contributed by atoms with Crippen molar-refractivity contribution >= 4 is 15.9 Å². The van der Waals surface area contributed by atoms with Crippen molar-refractivity contribution in [3.63, 3.8) is 0 Å². The molecule has 1 aromatic rings. The highest BCUT2D eigenvalue weighted by molar-refractivity contribution is 9.10. The molecule has 5 heteroatoms. The summed E-state index contributed by atoms with van der Waals surface area (Å²) in [5.41, 5.74) is 0. The van der Waals surface area contributed by atoms with Gasteiger partial charge in [0.1, 0.15) is 0 Å².